The van der Waals surface area contributed by atoms with Crippen LogP contribution >= 0.6 is 0 Å². The van der Waals surface area contributed by atoms with Gasteiger partial charge in [-0.3, -0.25) is 28.8 Å². The van der Waals surface area contributed by atoms with Crippen LogP contribution < -0.4 is 37.6 Å². The second-order valence-electron chi connectivity index (χ2n) is 15.1. The van der Waals surface area contributed by atoms with E-state index >= 15 is 0 Å². The zero-order valence-electron chi connectivity index (χ0n) is 33.6. The van der Waals surface area contributed by atoms with Gasteiger partial charge in [0.15, 0.2) is 0 Å². The van der Waals surface area contributed by atoms with Gasteiger partial charge in [0.2, 0.25) is 35.4 Å². The molecule has 3 heterocycles. The molecule has 2 aromatic heterocycles. The summed E-state index contributed by atoms with van der Waals surface area (Å²) in [6, 6.07) is 17.5. The van der Waals surface area contributed by atoms with Crippen LogP contribution in [0.15, 0.2) is 104 Å². The van der Waals surface area contributed by atoms with Crippen LogP contribution in [0.3, 0.4) is 0 Å². The molecule has 1 aliphatic rings. The highest BCUT2D eigenvalue weighted by Gasteiger charge is 2.35. The first-order valence-electron chi connectivity index (χ1n) is 20.3. The third-order valence-corrected chi connectivity index (χ3v) is 10.6. The Balaban J connectivity index is 1.41. The van der Waals surface area contributed by atoms with Crippen LogP contribution in [0.25, 0.3) is 10.9 Å². The highest BCUT2D eigenvalue weighted by Crippen LogP contribution is 2.20. The number of hydrogen-bond donors (Lipinski definition) is 10. The molecule has 61 heavy (non-hydrogen) atoms. The largest absolute Gasteiger partial charge is 0.394 e. The Morgan fingerprint density at radius 3 is 1.54 bits per heavy atom. The summed E-state index contributed by atoms with van der Waals surface area (Å²) >= 11 is 0. The summed E-state index contributed by atoms with van der Waals surface area (Å²) in [7, 11) is 0. The minimum atomic E-state index is -1.55. The van der Waals surface area contributed by atoms with Crippen molar-refractivity contribution >= 4 is 46.3 Å². The second kappa shape index (κ2) is 21.4. The van der Waals surface area contributed by atoms with E-state index in [4.69, 9.17) is 5.73 Å². The number of aromatic amines is 2. The molecule has 320 valence electrons. The van der Waals surface area contributed by atoms with Gasteiger partial charge in [-0.2, -0.15) is 0 Å². The van der Waals surface area contributed by atoms with Crippen LogP contribution in [-0.4, -0.2) is 105 Å². The molecular weight excluding hydrogens is 781 g/mol. The fraction of sp³-hybridized carbons (Fsp3) is 0.341. The number of fused-ring (bicyclic) bond motifs is 1. The summed E-state index contributed by atoms with van der Waals surface area (Å²) in [5.41, 5.74) is 9.17. The zero-order valence-corrected chi connectivity index (χ0v) is 33.6. The number of carbonyl (C=O) groups is 6. The lowest BCUT2D eigenvalue weighted by Crippen LogP contribution is -2.62. The van der Waals surface area contributed by atoms with Gasteiger partial charge in [0.05, 0.1) is 12.9 Å². The van der Waals surface area contributed by atoms with Crippen LogP contribution in [0, 0.1) is 0 Å². The molecule has 6 amide bonds. The number of aromatic nitrogens is 3. The Labute approximate surface area is 352 Å². The van der Waals surface area contributed by atoms with E-state index in [-0.39, 0.29) is 32.1 Å². The number of carbonyl (C=O) groups excluding carboxylic acids is 6. The molecule has 11 N–H and O–H groups in total. The van der Waals surface area contributed by atoms with Crippen molar-refractivity contribution in [3.8, 4) is 0 Å². The maximum Gasteiger partial charge on any atom is 0.245 e. The topological polar surface area (TPSA) is 265 Å². The van der Waals surface area contributed by atoms with Gasteiger partial charge in [0.25, 0.3) is 0 Å². The smallest absolute Gasteiger partial charge is 0.245 e. The van der Waals surface area contributed by atoms with E-state index in [0.717, 1.165) is 10.9 Å². The predicted molar refractivity (Wildman–Crippen MR) is 226 cm³/mol. The number of rotatable bonds is 13. The summed E-state index contributed by atoms with van der Waals surface area (Å²) in [4.78, 5) is 95.5. The van der Waals surface area contributed by atoms with Crippen molar-refractivity contribution in [1.82, 2.24) is 46.9 Å². The summed E-state index contributed by atoms with van der Waals surface area (Å²) in [5.74, 6) is -4.49. The third kappa shape index (κ3) is 12.1. The maximum atomic E-state index is 14.6. The van der Waals surface area contributed by atoms with Gasteiger partial charge in [0.1, 0.15) is 36.3 Å². The molecule has 5 aromatic rings. The van der Waals surface area contributed by atoms with Crippen LogP contribution in [0.4, 0.5) is 0 Å². The third-order valence-electron chi connectivity index (χ3n) is 10.6. The molecule has 17 nitrogen and oxygen atoms in total. The second-order valence-corrected chi connectivity index (χ2v) is 15.1. The number of hydrogen-bond acceptors (Lipinski definition) is 9. The summed E-state index contributed by atoms with van der Waals surface area (Å²) < 4.78 is 0. The fourth-order valence-electron chi connectivity index (χ4n) is 7.26. The highest BCUT2D eigenvalue weighted by atomic mass is 16.3. The first kappa shape index (κ1) is 43.7. The predicted octanol–water partition coefficient (Wildman–Crippen LogP) is 0.205. The van der Waals surface area contributed by atoms with Gasteiger partial charge < -0.3 is 52.7 Å². The first-order valence-corrected chi connectivity index (χ1v) is 20.3. The van der Waals surface area contributed by atoms with Crippen LogP contribution in [-0.2, 0) is 54.5 Å². The molecule has 3 aromatic carbocycles. The number of aliphatic hydroxyl groups is 1. The van der Waals surface area contributed by atoms with Gasteiger partial charge in [0, 0.05) is 54.7 Å². The SMILES string of the molecule is NCCCC[C@@H]1NC(=O)[C@@H](Cc2cnc[nH]2)NC(=O)[C@H](CO)NC(=O)[C@@H](Cc2ccccc2)NC(=O)[C@H](Cc2ccccc2)NC(=O)[C@@H](Cc2c[nH]c3ccccc23)NC1=O. The van der Waals surface area contributed by atoms with Crippen molar-refractivity contribution in [3.63, 3.8) is 0 Å². The van der Waals surface area contributed by atoms with Crippen molar-refractivity contribution in [1.29, 1.82) is 0 Å². The average molecular weight is 833 g/mol. The van der Waals surface area contributed by atoms with Crippen LogP contribution in [0.5, 0.6) is 0 Å². The fourth-order valence-corrected chi connectivity index (χ4v) is 7.26. The van der Waals surface area contributed by atoms with E-state index < -0.39 is 78.3 Å². The number of para-hydroxylation sites is 1. The Kier molecular flexibility index (Phi) is 15.4. The van der Waals surface area contributed by atoms with E-state index in [1.165, 1.54) is 12.5 Å². The molecule has 0 aliphatic carbocycles. The number of imidazole rings is 1. The van der Waals surface area contributed by atoms with Crippen molar-refractivity contribution in [3.05, 3.63) is 126 Å². The van der Waals surface area contributed by atoms with E-state index in [1.807, 2.05) is 30.3 Å². The van der Waals surface area contributed by atoms with E-state index in [1.54, 1.807) is 60.8 Å². The van der Waals surface area contributed by atoms with Gasteiger partial charge >= 0.3 is 0 Å². The molecular formula is C44H52N10O7. The summed E-state index contributed by atoms with van der Waals surface area (Å²) in [6.45, 7) is -0.520. The molecule has 17 heteroatoms. The minimum Gasteiger partial charge on any atom is -0.394 e. The molecule has 0 unspecified atom stereocenters. The quantitative estimate of drug-likeness (QED) is 0.0726. The Morgan fingerprint density at radius 2 is 1.00 bits per heavy atom. The number of benzene rings is 3. The Bertz CT molecular complexity index is 2250. The molecule has 6 atom stereocenters. The lowest BCUT2D eigenvalue weighted by atomic mass is 10.00. The summed E-state index contributed by atoms with van der Waals surface area (Å²) in [5, 5.41) is 27.7. The Morgan fingerprint density at radius 1 is 0.525 bits per heavy atom. The molecule has 0 saturated carbocycles. The van der Waals surface area contributed by atoms with Crippen molar-refractivity contribution in [2.24, 2.45) is 5.73 Å². The van der Waals surface area contributed by atoms with Crippen molar-refractivity contribution < 1.29 is 33.9 Å². The monoisotopic (exact) mass is 832 g/mol. The van der Waals surface area contributed by atoms with Crippen LogP contribution in [0.1, 0.15) is 41.6 Å². The maximum absolute atomic E-state index is 14.6. The number of unbranched alkanes of at least 4 members (excludes halogenated alkanes) is 1. The number of nitrogens with zero attached hydrogens (tertiary/aromatic N) is 1. The number of nitrogens with one attached hydrogen (secondary N) is 8. The van der Waals surface area contributed by atoms with Crippen molar-refractivity contribution in [2.75, 3.05) is 13.2 Å². The van der Waals surface area contributed by atoms with E-state index in [2.05, 4.69) is 46.9 Å². The molecule has 1 fully saturated rings. The molecule has 0 spiro atoms. The van der Waals surface area contributed by atoms with Crippen molar-refractivity contribution in [2.45, 2.75) is 81.2 Å². The average Bonchev–Trinajstić information content (AvgIpc) is 3.94. The number of H-pyrrole nitrogens is 2. The van der Waals surface area contributed by atoms with Gasteiger partial charge in [-0.15, -0.1) is 0 Å². The number of amides is 6. The minimum absolute atomic E-state index is 0.00478. The molecule has 1 aliphatic heterocycles. The first-order chi connectivity index (χ1) is 29.6. The molecule has 6 rings (SSSR count). The highest BCUT2D eigenvalue weighted by molar-refractivity contribution is 5.99. The van der Waals surface area contributed by atoms with Gasteiger partial charge in [-0.25, -0.2) is 4.98 Å². The van der Waals surface area contributed by atoms with Gasteiger partial charge in [-0.05, 0) is 48.6 Å². The van der Waals surface area contributed by atoms with E-state index in [0.29, 0.717) is 41.8 Å². The standard InChI is InChI=1S/C44H52N10O7/c45-18-10-9-17-33-39(56)52-36(21-29-23-47-32-16-8-7-15-31(29)32)42(59)51-34(19-27-11-3-1-4-12-27)40(57)50-35(20-28-13-5-2-6-14-28)41(58)54-38(25-55)44(61)53-37(43(60)49-33)22-30-24-46-26-48-30/h1-8,11-16,23-24,26,33-38,47,55H,9-10,17-22,25,45H2,(H,46,48)(H,49,60)(H,50,57)(H,51,59)(H,52,56)(H,53,61)(H,54,58)/t33-,34-,35+,36+,37+,38-/m0/s1. The lowest BCUT2D eigenvalue weighted by Gasteiger charge is -2.29. The van der Waals surface area contributed by atoms with Gasteiger partial charge in [-0.1, -0.05) is 78.9 Å². The van der Waals surface area contributed by atoms with Crippen LogP contribution in [0.2, 0.25) is 0 Å². The normalized spacial score (nSPS) is 22.2. The van der Waals surface area contributed by atoms with E-state index in [9.17, 15) is 33.9 Å². The molecule has 0 radical (unpaired) electrons. The Hall–Kier alpha value is -6.85. The zero-order chi connectivity index (χ0) is 43.1. The summed E-state index contributed by atoms with van der Waals surface area (Å²) in [6.07, 6.45) is 5.64. The lowest BCUT2D eigenvalue weighted by molar-refractivity contribution is -0.137. The molecule has 0 bridgehead atoms. The molecule has 1 saturated heterocycles. The number of aliphatic hydroxyl groups excluding tert-OH is 1. The number of nitrogens with two attached hydrogens (primary N) is 1.